The molecule has 2 N–H and O–H groups in total. The van der Waals surface area contributed by atoms with Crippen molar-refractivity contribution in [2.24, 2.45) is 5.73 Å². The molecule has 0 radical (unpaired) electrons. The van der Waals surface area contributed by atoms with Gasteiger partial charge in [-0.2, -0.15) is 0 Å². The van der Waals surface area contributed by atoms with Crippen LogP contribution < -0.4 is 5.73 Å². The van der Waals surface area contributed by atoms with Gasteiger partial charge in [0.1, 0.15) is 6.04 Å². The molecule has 1 aliphatic carbocycles. The third kappa shape index (κ3) is 2.01. The smallest absolute Gasteiger partial charge is 0.241 e. The number of carbonyl (C=O) groups is 1. The summed E-state index contributed by atoms with van der Waals surface area (Å²) in [5.74, 6) is 0.242. The zero-order valence-electron chi connectivity index (χ0n) is 9.65. The summed E-state index contributed by atoms with van der Waals surface area (Å²) in [7, 11) is 2.01. The highest BCUT2D eigenvalue weighted by molar-refractivity contribution is 5.83. The molecule has 0 aromatic heterocycles. The molecule has 1 aliphatic heterocycles. The molecule has 2 fully saturated rings. The lowest BCUT2D eigenvalue weighted by Crippen LogP contribution is -2.50. The van der Waals surface area contributed by atoms with Crippen molar-refractivity contribution in [1.82, 2.24) is 9.80 Å². The predicted molar refractivity (Wildman–Crippen MR) is 59.4 cm³/mol. The van der Waals surface area contributed by atoms with Crippen LogP contribution in [0.1, 0.15) is 26.2 Å². The summed E-state index contributed by atoms with van der Waals surface area (Å²) in [5, 5.41) is 0. The molecule has 0 bridgehead atoms. The quantitative estimate of drug-likeness (QED) is 0.701. The number of carbonyl (C=O) groups excluding carboxylic acids is 1. The Kier molecular flexibility index (Phi) is 2.98. The van der Waals surface area contributed by atoms with Crippen molar-refractivity contribution in [1.29, 1.82) is 0 Å². The Bertz CT molecular complexity index is 252. The average Bonchev–Trinajstić information content (AvgIpc) is 3.01. The Balaban J connectivity index is 2.14. The second-order valence-electron chi connectivity index (χ2n) is 4.82. The van der Waals surface area contributed by atoms with E-state index in [1.165, 1.54) is 12.8 Å². The largest absolute Gasteiger partial charge is 0.338 e. The first-order chi connectivity index (χ1) is 7.15. The lowest BCUT2D eigenvalue weighted by atomic mass is 10.2. The summed E-state index contributed by atoms with van der Waals surface area (Å²) < 4.78 is 0. The third-order valence-electron chi connectivity index (χ3n) is 3.75. The van der Waals surface area contributed by atoms with Crippen LogP contribution in [0.4, 0.5) is 0 Å². The van der Waals surface area contributed by atoms with Crippen molar-refractivity contribution in [3.05, 3.63) is 0 Å². The molecule has 4 heteroatoms. The maximum absolute atomic E-state index is 12.2. The number of hydrogen-bond donors (Lipinski definition) is 1. The molecular weight excluding hydrogens is 190 g/mol. The van der Waals surface area contributed by atoms with Gasteiger partial charge in [0, 0.05) is 25.2 Å². The first-order valence-corrected chi connectivity index (χ1v) is 5.87. The van der Waals surface area contributed by atoms with Crippen molar-refractivity contribution in [2.45, 2.75) is 44.3 Å². The number of amides is 1. The van der Waals surface area contributed by atoms with Crippen LogP contribution in [0.5, 0.6) is 0 Å². The monoisotopic (exact) mass is 211 g/mol. The van der Waals surface area contributed by atoms with E-state index in [1.54, 1.807) is 0 Å². The summed E-state index contributed by atoms with van der Waals surface area (Å²) in [6.45, 7) is 3.51. The van der Waals surface area contributed by atoms with Gasteiger partial charge in [0.15, 0.2) is 0 Å². The number of nitrogens with zero attached hydrogens (tertiary/aromatic N) is 2. The van der Waals surface area contributed by atoms with Gasteiger partial charge >= 0.3 is 0 Å². The zero-order valence-corrected chi connectivity index (χ0v) is 9.65. The molecule has 1 amide bonds. The maximum Gasteiger partial charge on any atom is 0.241 e. The van der Waals surface area contributed by atoms with Crippen LogP contribution >= 0.6 is 0 Å². The van der Waals surface area contributed by atoms with Crippen LogP contribution in [-0.2, 0) is 4.79 Å². The summed E-state index contributed by atoms with van der Waals surface area (Å²) in [5.41, 5.74) is 5.71. The van der Waals surface area contributed by atoms with E-state index in [1.807, 2.05) is 7.05 Å². The number of hydrogen-bond acceptors (Lipinski definition) is 3. The highest BCUT2D eigenvalue weighted by atomic mass is 16.2. The van der Waals surface area contributed by atoms with E-state index >= 15 is 0 Å². The molecular formula is C11H21N3O. The van der Waals surface area contributed by atoms with E-state index in [9.17, 15) is 4.79 Å². The third-order valence-corrected chi connectivity index (χ3v) is 3.75. The molecule has 1 heterocycles. The fourth-order valence-corrected chi connectivity index (χ4v) is 2.33. The fraction of sp³-hybridized carbons (Fsp3) is 0.909. The molecule has 15 heavy (non-hydrogen) atoms. The van der Waals surface area contributed by atoms with Crippen LogP contribution in [0.15, 0.2) is 0 Å². The van der Waals surface area contributed by atoms with Crippen molar-refractivity contribution >= 4 is 5.91 Å². The summed E-state index contributed by atoms with van der Waals surface area (Å²) in [6, 6.07) is 0.861. The molecule has 1 saturated carbocycles. The average molecular weight is 211 g/mol. The Morgan fingerprint density at radius 3 is 2.60 bits per heavy atom. The highest BCUT2D eigenvalue weighted by Gasteiger charge is 2.39. The van der Waals surface area contributed by atoms with Gasteiger partial charge in [0.2, 0.25) is 5.91 Å². The first-order valence-electron chi connectivity index (χ1n) is 5.87. The van der Waals surface area contributed by atoms with Gasteiger partial charge in [-0.05, 0) is 33.2 Å². The molecule has 2 aliphatic rings. The van der Waals surface area contributed by atoms with Crippen molar-refractivity contribution in [3.63, 3.8) is 0 Å². The van der Waals surface area contributed by atoms with Crippen molar-refractivity contribution in [3.8, 4) is 0 Å². The zero-order chi connectivity index (χ0) is 11.0. The number of rotatable bonds is 2. The van der Waals surface area contributed by atoms with E-state index in [0.717, 1.165) is 13.0 Å². The van der Waals surface area contributed by atoms with Crippen LogP contribution in [0.3, 0.4) is 0 Å². The van der Waals surface area contributed by atoms with Gasteiger partial charge < -0.3 is 10.6 Å². The van der Waals surface area contributed by atoms with Gasteiger partial charge in [-0.25, -0.2) is 0 Å². The molecule has 2 atom stereocenters. The van der Waals surface area contributed by atoms with E-state index in [-0.39, 0.29) is 11.9 Å². The Morgan fingerprint density at radius 1 is 1.40 bits per heavy atom. The van der Waals surface area contributed by atoms with E-state index in [0.29, 0.717) is 18.6 Å². The Hall–Kier alpha value is -0.610. The summed E-state index contributed by atoms with van der Waals surface area (Å²) in [4.78, 5) is 16.4. The van der Waals surface area contributed by atoms with Crippen molar-refractivity contribution < 1.29 is 4.79 Å². The van der Waals surface area contributed by atoms with E-state index in [2.05, 4.69) is 16.7 Å². The lowest BCUT2D eigenvalue weighted by molar-refractivity contribution is -0.135. The number of nitrogens with two attached hydrogens (primary N) is 1. The lowest BCUT2D eigenvalue weighted by Gasteiger charge is -2.29. The van der Waals surface area contributed by atoms with Crippen LogP contribution in [0.2, 0.25) is 0 Å². The molecule has 86 valence electrons. The Labute approximate surface area is 91.4 Å². The van der Waals surface area contributed by atoms with Crippen LogP contribution in [0, 0.1) is 0 Å². The predicted octanol–water partition coefficient (Wildman–Crippen LogP) is 0.0287. The fourth-order valence-electron chi connectivity index (χ4n) is 2.33. The van der Waals surface area contributed by atoms with Gasteiger partial charge in [-0.3, -0.25) is 9.69 Å². The minimum atomic E-state index is -0.108. The topological polar surface area (TPSA) is 49.6 Å². The minimum absolute atomic E-state index is 0.108. The summed E-state index contributed by atoms with van der Waals surface area (Å²) >= 11 is 0. The number of likely N-dealkylation sites (N-methyl/N-ethyl adjacent to an activating group) is 1. The molecule has 1 saturated heterocycles. The molecule has 4 nitrogen and oxygen atoms in total. The van der Waals surface area contributed by atoms with Gasteiger partial charge in [-0.15, -0.1) is 0 Å². The molecule has 2 unspecified atom stereocenters. The molecule has 2 rings (SSSR count). The van der Waals surface area contributed by atoms with E-state index in [4.69, 9.17) is 5.73 Å². The molecule has 0 aromatic carbocycles. The second-order valence-corrected chi connectivity index (χ2v) is 4.82. The van der Waals surface area contributed by atoms with Gasteiger partial charge in [-0.1, -0.05) is 0 Å². The maximum atomic E-state index is 12.2. The molecule has 0 aromatic rings. The minimum Gasteiger partial charge on any atom is -0.338 e. The van der Waals surface area contributed by atoms with Crippen LogP contribution in [-0.4, -0.2) is 54.0 Å². The van der Waals surface area contributed by atoms with Gasteiger partial charge in [0.05, 0.1) is 0 Å². The normalized spacial score (nSPS) is 34.3. The SMILES string of the molecule is CC1CCN(C2CC2)C(=O)C(CN)N1C. The van der Waals surface area contributed by atoms with Gasteiger partial charge in [0.25, 0.3) is 0 Å². The first kappa shape index (κ1) is 10.9. The summed E-state index contributed by atoms with van der Waals surface area (Å²) in [6.07, 6.45) is 3.43. The standard InChI is InChI=1S/C11H21N3O/c1-8-5-6-14(9-3-4-9)11(15)10(7-12)13(8)2/h8-10H,3-7,12H2,1-2H3. The Morgan fingerprint density at radius 2 is 2.07 bits per heavy atom. The molecule has 0 spiro atoms. The second kappa shape index (κ2) is 4.10. The van der Waals surface area contributed by atoms with E-state index < -0.39 is 0 Å². The van der Waals surface area contributed by atoms with Crippen LogP contribution in [0.25, 0.3) is 0 Å². The van der Waals surface area contributed by atoms with Crippen molar-refractivity contribution in [2.75, 3.05) is 20.1 Å². The highest BCUT2D eigenvalue weighted by Crippen LogP contribution is 2.30.